The number of halogens is 1. The smallest absolute Gasteiger partial charge is 0.222 e. The van der Waals surface area contributed by atoms with Crippen molar-refractivity contribution >= 4 is 23.4 Å². The van der Waals surface area contributed by atoms with Gasteiger partial charge in [0.15, 0.2) is 0 Å². The van der Waals surface area contributed by atoms with E-state index in [-0.39, 0.29) is 0 Å². The summed E-state index contributed by atoms with van der Waals surface area (Å²) in [7, 11) is 0. The van der Waals surface area contributed by atoms with Gasteiger partial charge in [-0.2, -0.15) is 0 Å². The quantitative estimate of drug-likeness (QED) is 0.636. The number of hydrogen-bond donors (Lipinski definition) is 0. The Kier molecular flexibility index (Phi) is 1.83. The van der Waals surface area contributed by atoms with E-state index in [0.29, 0.717) is 10.0 Å². The van der Waals surface area contributed by atoms with E-state index in [2.05, 4.69) is 9.97 Å². The van der Waals surface area contributed by atoms with E-state index in [9.17, 15) is 0 Å². The maximum atomic E-state index is 5.85. The first kappa shape index (κ1) is 8.98. The summed E-state index contributed by atoms with van der Waals surface area (Å²) in [6, 6.07) is 0. The molecule has 1 aliphatic heterocycles. The van der Waals surface area contributed by atoms with E-state index in [4.69, 9.17) is 11.6 Å². The van der Waals surface area contributed by atoms with Crippen molar-refractivity contribution in [2.24, 2.45) is 0 Å². The molecule has 1 aliphatic carbocycles. The van der Waals surface area contributed by atoms with Crippen molar-refractivity contribution in [3.05, 3.63) is 16.7 Å². The minimum absolute atomic E-state index is 0.401. The Hall–Kier alpha value is -0.280. The zero-order valence-corrected chi connectivity index (χ0v) is 9.58. The number of aromatic nitrogens is 2. The molecule has 2 aliphatic rings. The molecule has 0 radical (unpaired) electrons. The van der Waals surface area contributed by atoms with Crippen molar-refractivity contribution in [3.8, 4) is 0 Å². The Bertz CT molecular complexity index is 401. The number of fused-ring (bicyclic) bond motifs is 1. The molecule has 1 spiro atoms. The topological polar surface area (TPSA) is 25.8 Å². The third-order valence-corrected chi connectivity index (χ3v) is 5.04. The Balaban J connectivity index is 2.05. The second kappa shape index (κ2) is 2.86. The van der Waals surface area contributed by atoms with Crippen LogP contribution >= 0.6 is 23.4 Å². The summed E-state index contributed by atoms with van der Waals surface area (Å²) in [5.74, 6) is 0. The van der Waals surface area contributed by atoms with Crippen molar-refractivity contribution in [3.63, 3.8) is 0 Å². The molecule has 3 rings (SSSR count). The summed E-state index contributed by atoms with van der Waals surface area (Å²) >= 11 is 7.83. The average molecular weight is 227 g/mol. The number of aryl methyl sites for hydroxylation is 1. The van der Waals surface area contributed by atoms with Gasteiger partial charge in [0, 0.05) is 11.2 Å². The van der Waals surface area contributed by atoms with Crippen LogP contribution in [0.25, 0.3) is 0 Å². The van der Waals surface area contributed by atoms with Crippen LogP contribution in [0.3, 0.4) is 0 Å². The predicted molar refractivity (Wildman–Crippen MR) is 57.9 cm³/mol. The molecule has 1 saturated carbocycles. The van der Waals surface area contributed by atoms with E-state index in [0.717, 1.165) is 12.1 Å². The molecule has 2 nitrogen and oxygen atoms in total. The first-order valence-corrected chi connectivity index (χ1v) is 6.10. The van der Waals surface area contributed by atoms with Crippen LogP contribution < -0.4 is 0 Å². The van der Waals surface area contributed by atoms with Crippen LogP contribution in [0.1, 0.15) is 30.7 Å². The molecule has 0 amide bonds. The fourth-order valence-corrected chi connectivity index (χ4v) is 4.04. The van der Waals surface area contributed by atoms with Crippen LogP contribution in [0.5, 0.6) is 0 Å². The Morgan fingerprint density at radius 1 is 1.36 bits per heavy atom. The molecule has 4 heteroatoms. The SMILES string of the molecule is Cc1nc(Cl)nc2c1SC1(CCC1)C2. The monoisotopic (exact) mass is 226 g/mol. The fraction of sp³-hybridized carbons (Fsp3) is 0.600. The van der Waals surface area contributed by atoms with Crippen LogP contribution in [0.4, 0.5) is 0 Å². The van der Waals surface area contributed by atoms with Gasteiger partial charge in [0.2, 0.25) is 5.28 Å². The molecule has 14 heavy (non-hydrogen) atoms. The normalized spacial score (nSPS) is 22.1. The second-order valence-electron chi connectivity index (χ2n) is 4.17. The lowest BCUT2D eigenvalue weighted by molar-refractivity contribution is 0.365. The molecule has 0 atom stereocenters. The highest BCUT2D eigenvalue weighted by Crippen LogP contribution is 2.55. The molecule has 1 fully saturated rings. The van der Waals surface area contributed by atoms with Crippen LogP contribution in [0, 0.1) is 6.92 Å². The molecule has 1 aromatic heterocycles. The van der Waals surface area contributed by atoms with Gasteiger partial charge >= 0.3 is 0 Å². The molecular formula is C10H11ClN2S. The maximum absolute atomic E-state index is 5.85. The zero-order valence-electron chi connectivity index (χ0n) is 8.01. The van der Waals surface area contributed by atoms with Gasteiger partial charge in [-0.15, -0.1) is 11.8 Å². The van der Waals surface area contributed by atoms with E-state index < -0.39 is 0 Å². The summed E-state index contributed by atoms with van der Waals surface area (Å²) in [5, 5.41) is 0.401. The Morgan fingerprint density at radius 2 is 2.14 bits per heavy atom. The lowest BCUT2D eigenvalue weighted by Gasteiger charge is -2.36. The first-order chi connectivity index (χ1) is 6.69. The highest BCUT2D eigenvalue weighted by atomic mass is 35.5. The number of thioether (sulfide) groups is 1. The number of nitrogens with zero attached hydrogens (tertiary/aromatic N) is 2. The largest absolute Gasteiger partial charge is 0.222 e. The minimum atomic E-state index is 0.401. The number of hydrogen-bond acceptors (Lipinski definition) is 3. The summed E-state index contributed by atoms with van der Waals surface area (Å²) < 4.78 is 0.465. The molecule has 0 N–H and O–H groups in total. The number of rotatable bonds is 0. The Morgan fingerprint density at radius 3 is 2.79 bits per heavy atom. The van der Waals surface area contributed by atoms with Gasteiger partial charge in [0.25, 0.3) is 0 Å². The van der Waals surface area contributed by atoms with Gasteiger partial charge in [-0.25, -0.2) is 9.97 Å². The van der Waals surface area contributed by atoms with Gasteiger partial charge < -0.3 is 0 Å². The molecule has 74 valence electrons. The van der Waals surface area contributed by atoms with Crippen LogP contribution in [0.15, 0.2) is 4.90 Å². The van der Waals surface area contributed by atoms with E-state index in [1.54, 1.807) is 0 Å². The van der Waals surface area contributed by atoms with Gasteiger partial charge in [0.05, 0.1) is 16.3 Å². The van der Waals surface area contributed by atoms with Crippen molar-refractivity contribution in [1.82, 2.24) is 9.97 Å². The zero-order chi connectivity index (χ0) is 9.76. The summed E-state index contributed by atoms with van der Waals surface area (Å²) in [5.41, 5.74) is 2.22. The van der Waals surface area contributed by atoms with Crippen molar-refractivity contribution < 1.29 is 0 Å². The second-order valence-corrected chi connectivity index (χ2v) is 5.99. The highest BCUT2D eigenvalue weighted by molar-refractivity contribution is 8.01. The fourth-order valence-electron chi connectivity index (χ4n) is 2.25. The minimum Gasteiger partial charge on any atom is -0.222 e. The van der Waals surface area contributed by atoms with Crippen LogP contribution in [-0.4, -0.2) is 14.7 Å². The average Bonchev–Trinajstić information content (AvgIpc) is 2.42. The Labute approximate surface area is 92.5 Å². The van der Waals surface area contributed by atoms with Gasteiger partial charge in [0.1, 0.15) is 0 Å². The molecule has 2 heterocycles. The molecule has 0 saturated heterocycles. The van der Waals surface area contributed by atoms with Gasteiger partial charge in [-0.3, -0.25) is 0 Å². The third-order valence-electron chi connectivity index (χ3n) is 3.15. The summed E-state index contributed by atoms with van der Waals surface area (Å²) in [6.07, 6.45) is 5.10. The molecule has 0 unspecified atom stereocenters. The van der Waals surface area contributed by atoms with Crippen molar-refractivity contribution in [2.75, 3.05) is 0 Å². The highest BCUT2D eigenvalue weighted by Gasteiger charge is 2.44. The lowest BCUT2D eigenvalue weighted by Crippen LogP contribution is -2.32. The van der Waals surface area contributed by atoms with E-state index in [1.165, 1.54) is 29.9 Å². The molecule has 0 bridgehead atoms. The van der Waals surface area contributed by atoms with Crippen LogP contribution in [0.2, 0.25) is 5.28 Å². The van der Waals surface area contributed by atoms with E-state index >= 15 is 0 Å². The van der Waals surface area contributed by atoms with Crippen molar-refractivity contribution in [2.45, 2.75) is 42.2 Å². The van der Waals surface area contributed by atoms with Crippen LogP contribution in [-0.2, 0) is 6.42 Å². The van der Waals surface area contributed by atoms with Gasteiger partial charge in [-0.1, -0.05) is 6.42 Å². The lowest BCUT2D eigenvalue weighted by atomic mass is 9.81. The van der Waals surface area contributed by atoms with E-state index in [1.807, 2.05) is 18.7 Å². The van der Waals surface area contributed by atoms with Gasteiger partial charge in [-0.05, 0) is 31.4 Å². The molecule has 0 aromatic carbocycles. The molecule has 1 aromatic rings. The summed E-state index contributed by atoms with van der Waals surface area (Å²) in [4.78, 5) is 9.81. The third kappa shape index (κ3) is 1.18. The predicted octanol–water partition coefficient (Wildman–Crippen LogP) is 3.01. The molecular weight excluding hydrogens is 216 g/mol. The summed E-state index contributed by atoms with van der Waals surface area (Å²) in [6.45, 7) is 2.02. The standard InChI is InChI=1S/C10H11ClN2S/c1-6-8-7(13-9(11)12-6)5-10(14-8)3-2-4-10/h2-5H2,1H3. The first-order valence-electron chi connectivity index (χ1n) is 4.91. The maximum Gasteiger partial charge on any atom is 0.222 e. The van der Waals surface area contributed by atoms with Crippen molar-refractivity contribution in [1.29, 1.82) is 0 Å².